The van der Waals surface area contributed by atoms with Gasteiger partial charge in [0.15, 0.2) is 0 Å². The molecule has 18 heavy (non-hydrogen) atoms. The zero-order valence-electron chi connectivity index (χ0n) is 11.6. The Morgan fingerprint density at radius 1 is 1.22 bits per heavy atom. The molecular formula is C13H21ClN4. The summed E-state index contributed by atoms with van der Waals surface area (Å²) in [5.74, 6) is 0.857. The Morgan fingerprint density at radius 2 is 1.94 bits per heavy atom. The van der Waals surface area contributed by atoms with Crippen LogP contribution in [0.15, 0.2) is 0 Å². The summed E-state index contributed by atoms with van der Waals surface area (Å²) in [4.78, 5) is 13.7. The Balaban J connectivity index is 2.13. The van der Waals surface area contributed by atoms with Crippen molar-refractivity contribution in [3.05, 3.63) is 22.2 Å². The number of nitrogens with zero attached hydrogens (tertiary/aromatic N) is 4. The number of hydrogen-bond donors (Lipinski definition) is 0. The molecule has 1 aromatic rings. The van der Waals surface area contributed by atoms with Gasteiger partial charge in [0.1, 0.15) is 11.0 Å². The molecule has 0 aliphatic carbocycles. The summed E-state index contributed by atoms with van der Waals surface area (Å²) in [6, 6.07) is 0.474. The summed E-state index contributed by atoms with van der Waals surface area (Å²) in [5.41, 5.74) is 1.96. The Hall–Kier alpha value is -0.710. The van der Waals surface area contributed by atoms with Crippen molar-refractivity contribution in [3.63, 3.8) is 0 Å². The maximum Gasteiger partial charge on any atom is 0.135 e. The lowest BCUT2D eigenvalue weighted by Crippen LogP contribution is -2.51. The second-order valence-corrected chi connectivity index (χ2v) is 5.60. The molecule has 2 heterocycles. The van der Waals surface area contributed by atoms with Crippen molar-refractivity contribution in [2.75, 3.05) is 33.7 Å². The molecule has 1 unspecified atom stereocenters. The average molecular weight is 269 g/mol. The van der Waals surface area contributed by atoms with Gasteiger partial charge in [-0.2, -0.15) is 0 Å². The van der Waals surface area contributed by atoms with E-state index in [4.69, 9.17) is 11.6 Å². The van der Waals surface area contributed by atoms with Crippen LogP contribution in [0.25, 0.3) is 0 Å². The average Bonchev–Trinajstić information content (AvgIpc) is 2.31. The van der Waals surface area contributed by atoms with Gasteiger partial charge in [-0.05, 0) is 27.9 Å². The Bertz CT molecular complexity index is 412. The lowest BCUT2D eigenvalue weighted by molar-refractivity contribution is 0.113. The molecule has 0 N–H and O–H groups in total. The van der Waals surface area contributed by atoms with Crippen LogP contribution in [0.4, 0.5) is 0 Å². The van der Waals surface area contributed by atoms with Crippen LogP contribution < -0.4 is 0 Å². The first-order valence-corrected chi connectivity index (χ1v) is 6.73. The highest BCUT2D eigenvalue weighted by Crippen LogP contribution is 2.17. The number of hydrogen-bond acceptors (Lipinski definition) is 4. The summed E-state index contributed by atoms with van der Waals surface area (Å²) >= 11 is 6.13. The lowest BCUT2D eigenvalue weighted by Gasteiger charge is -2.37. The number of likely N-dealkylation sites (N-methyl/N-ethyl adjacent to an activating group) is 2. The van der Waals surface area contributed by atoms with E-state index < -0.39 is 0 Å². The van der Waals surface area contributed by atoms with E-state index >= 15 is 0 Å². The summed E-state index contributed by atoms with van der Waals surface area (Å²) in [6.45, 7) is 7.23. The van der Waals surface area contributed by atoms with E-state index in [0.29, 0.717) is 11.2 Å². The smallest absolute Gasteiger partial charge is 0.135 e. The van der Waals surface area contributed by atoms with Gasteiger partial charge in [0.2, 0.25) is 0 Å². The first kappa shape index (κ1) is 13.7. The van der Waals surface area contributed by atoms with Gasteiger partial charge >= 0.3 is 0 Å². The third kappa shape index (κ3) is 2.99. The first-order chi connectivity index (χ1) is 8.47. The standard InChI is InChI=1S/C13H21ClN4/c1-9-10(2)15-12(16-13(9)14)7-11-8-17(3)5-6-18(11)4/h11H,5-8H2,1-4H3. The Morgan fingerprint density at radius 3 is 2.61 bits per heavy atom. The number of rotatable bonds is 2. The van der Waals surface area contributed by atoms with E-state index in [1.54, 1.807) is 0 Å². The molecular weight excluding hydrogens is 248 g/mol. The van der Waals surface area contributed by atoms with Crippen LogP contribution in [0.2, 0.25) is 5.15 Å². The minimum Gasteiger partial charge on any atom is -0.304 e. The van der Waals surface area contributed by atoms with Crippen molar-refractivity contribution in [2.24, 2.45) is 0 Å². The van der Waals surface area contributed by atoms with Crippen LogP contribution >= 0.6 is 11.6 Å². The molecule has 4 nitrogen and oxygen atoms in total. The highest BCUT2D eigenvalue weighted by Gasteiger charge is 2.23. The van der Waals surface area contributed by atoms with Gasteiger partial charge in [0.05, 0.1) is 0 Å². The quantitative estimate of drug-likeness (QED) is 0.762. The summed E-state index contributed by atoms with van der Waals surface area (Å²) in [6.07, 6.45) is 0.863. The normalized spacial score (nSPS) is 22.4. The Kier molecular flexibility index (Phi) is 4.20. The topological polar surface area (TPSA) is 32.3 Å². The minimum absolute atomic E-state index is 0.474. The van der Waals surface area contributed by atoms with Crippen LogP contribution in [0.5, 0.6) is 0 Å². The molecule has 1 aliphatic heterocycles. The predicted molar refractivity (Wildman–Crippen MR) is 74.1 cm³/mol. The van der Waals surface area contributed by atoms with Crippen molar-refractivity contribution in [3.8, 4) is 0 Å². The maximum atomic E-state index is 6.13. The SMILES string of the molecule is Cc1nc(CC2CN(C)CCN2C)nc(Cl)c1C. The van der Waals surface area contributed by atoms with Gasteiger partial charge in [-0.15, -0.1) is 0 Å². The van der Waals surface area contributed by atoms with E-state index in [0.717, 1.165) is 43.1 Å². The third-order valence-corrected chi connectivity index (χ3v) is 4.14. The van der Waals surface area contributed by atoms with E-state index in [1.807, 2.05) is 13.8 Å². The highest BCUT2D eigenvalue weighted by atomic mass is 35.5. The van der Waals surface area contributed by atoms with Crippen LogP contribution in [-0.4, -0.2) is 59.5 Å². The number of piperazine rings is 1. The van der Waals surface area contributed by atoms with Gasteiger partial charge in [-0.25, -0.2) is 9.97 Å². The molecule has 100 valence electrons. The van der Waals surface area contributed by atoms with Crippen molar-refractivity contribution in [1.29, 1.82) is 0 Å². The van der Waals surface area contributed by atoms with E-state index in [-0.39, 0.29) is 0 Å². The molecule has 1 saturated heterocycles. The Labute approximate surface area is 114 Å². The molecule has 0 bridgehead atoms. The molecule has 1 aliphatic rings. The highest BCUT2D eigenvalue weighted by molar-refractivity contribution is 6.30. The van der Waals surface area contributed by atoms with Gasteiger partial charge in [-0.1, -0.05) is 11.6 Å². The molecule has 5 heteroatoms. The molecule has 1 aromatic heterocycles. The van der Waals surface area contributed by atoms with E-state index in [9.17, 15) is 0 Å². The van der Waals surface area contributed by atoms with Gasteiger partial charge in [0, 0.05) is 43.4 Å². The molecule has 1 atom stereocenters. The molecule has 0 amide bonds. The zero-order valence-corrected chi connectivity index (χ0v) is 12.3. The van der Waals surface area contributed by atoms with Gasteiger partial charge in [-0.3, -0.25) is 0 Å². The molecule has 0 aromatic carbocycles. The molecule has 0 spiro atoms. The van der Waals surface area contributed by atoms with Crippen molar-refractivity contribution in [1.82, 2.24) is 19.8 Å². The van der Waals surface area contributed by atoms with E-state index in [2.05, 4.69) is 33.9 Å². The fourth-order valence-electron chi connectivity index (χ4n) is 2.27. The number of aromatic nitrogens is 2. The van der Waals surface area contributed by atoms with Crippen molar-refractivity contribution in [2.45, 2.75) is 26.3 Å². The van der Waals surface area contributed by atoms with E-state index in [1.165, 1.54) is 0 Å². The lowest BCUT2D eigenvalue weighted by atomic mass is 10.1. The second kappa shape index (κ2) is 5.51. The maximum absolute atomic E-state index is 6.13. The molecule has 0 saturated carbocycles. The van der Waals surface area contributed by atoms with Crippen LogP contribution in [-0.2, 0) is 6.42 Å². The van der Waals surface area contributed by atoms with Crippen molar-refractivity contribution >= 4 is 11.6 Å². The predicted octanol–water partition coefficient (Wildman–Crippen LogP) is 1.54. The summed E-state index contributed by atoms with van der Waals surface area (Å²) in [7, 11) is 4.33. The van der Waals surface area contributed by atoms with Crippen LogP contribution in [0.1, 0.15) is 17.1 Å². The third-order valence-electron chi connectivity index (χ3n) is 3.77. The summed E-state index contributed by atoms with van der Waals surface area (Å²) in [5, 5.41) is 0.587. The second-order valence-electron chi connectivity index (χ2n) is 5.24. The zero-order chi connectivity index (χ0) is 13.3. The van der Waals surface area contributed by atoms with Crippen molar-refractivity contribution < 1.29 is 0 Å². The summed E-state index contributed by atoms with van der Waals surface area (Å²) < 4.78 is 0. The fraction of sp³-hybridized carbons (Fsp3) is 0.692. The molecule has 2 rings (SSSR count). The monoisotopic (exact) mass is 268 g/mol. The number of aryl methyl sites for hydroxylation is 1. The molecule has 0 radical (unpaired) electrons. The van der Waals surface area contributed by atoms with Gasteiger partial charge < -0.3 is 9.80 Å². The fourth-order valence-corrected chi connectivity index (χ4v) is 2.51. The first-order valence-electron chi connectivity index (χ1n) is 6.35. The van der Waals surface area contributed by atoms with Gasteiger partial charge in [0.25, 0.3) is 0 Å². The molecule has 1 fully saturated rings. The minimum atomic E-state index is 0.474. The van der Waals surface area contributed by atoms with Crippen LogP contribution in [0.3, 0.4) is 0 Å². The largest absolute Gasteiger partial charge is 0.304 e. The van der Waals surface area contributed by atoms with Crippen LogP contribution in [0, 0.1) is 13.8 Å². The number of halogens is 1.